The standard InChI is InChI=1S/C18H18FNO4/c1-13(21)20-14-8-10-15(11-9-14)24-18(22)7-4-12-23-17-6-3-2-5-16(17)19/h2-3,5-6,8-11H,4,7,12H2,1H3,(H,20,21). The second-order valence-electron chi connectivity index (χ2n) is 5.06. The minimum atomic E-state index is -0.431. The Morgan fingerprint density at radius 1 is 1.08 bits per heavy atom. The highest BCUT2D eigenvalue weighted by atomic mass is 19.1. The van der Waals surface area contributed by atoms with Crippen LogP contribution < -0.4 is 14.8 Å². The lowest BCUT2D eigenvalue weighted by atomic mass is 10.3. The van der Waals surface area contributed by atoms with Crippen molar-refractivity contribution < 1.29 is 23.5 Å². The summed E-state index contributed by atoms with van der Waals surface area (Å²) in [5, 5.41) is 2.62. The number of amides is 1. The summed E-state index contributed by atoms with van der Waals surface area (Å²) < 4.78 is 23.8. The van der Waals surface area contributed by atoms with Gasteiger partial charge in [0.1, 0.15) is 5.75 Å². The second-order valence-corrected chi connectivity index (χ2v) is 5.06. The summed E-state index contributed by atoms with van der Waals surface area (Å²) in [5.41, 5.74) is 0.626. The van der Waals surface area contributed by atoms with Crippen LogP contribution in [0.15, 0.2) is 48.5 Å². The van der Waals surface area contributed by atoms with E-state index in [0.29, 0.717) is 17.9 Å². The molecule has 0 fully saturated rings. The van der Waals surface area contributed by atoms with Crippen LogP contribution in [-0.4, -0.2) is 18.5 Å². The van der Waals surface area contributed by atoms with E-state index < -0.39 is 11.8 Å². The van der Waals surface area contributed by atoms with E-state index in [9.17, 15) is 14.0 Å². The normalized spacial score (nSPS) is 10.1. The molecule has 0 radical (unpaired) electrons. The van der Waals surface area contributed by atoms with Gasteiger partial charge in [-0.05, 0) is 42.8 Å². The molecule has 1 amide bonds. The second kappa shape index (κ2) is 8.67. The molecule has 0 atom stereocenters. The Balaban J connectivity index is 1.71. The molecule has 126 valence electrons. The molecule has 1 N–H and O–H groups in total. The van der Waals surface area contributed by atoms with Crippen molar-refractivity contribution in [2.45, 2.75) is 19.8 Å². The number of para-hydroxylation sites is 1. The van der Waals surface area contributed by atoms with Gasteiger partial charge in [-0.3, -0.25) is 9.59 Å². The summed E-state index contributed by atoms with van der Waals surface area (Å²) in [7, 11) is 0. The third-order valence-corrected chi connectivity index (χ3v) is 3.03. The van der Waals surface area contributed by atoms with E-state index in [1.807, 2.05) is 0 Å². The Morgan fingerprint density at radius 3 is 2.46 bits per heavy atom. The molecule has 24 heavy (non-hydrogen) atoms. The molecule has 2 rings (SSSR count). The topological polar surface area (TPSA) is 64.6 Å². The number of ether oxygens (including phenoxy) is 2. The molecule has 0 bridgehead atoms. The lowest BCUT2D eigenvalue weighted by molar-refractivity contribution is -0.134. The molecular weight excluding hydrogens is 313 g/mol. The average molecular weight is 331 g/mol. The van der Waals surface area contributed by atoms with Gasteiger partial charge in [0.25, 0.3) is 0 Å². The third kappa shape index (κ3) is 5.72. The van der Waals surface area contributed by atoms with Gasteiger partial charge in [-0.15, -0.1) is 0 Å². The fraction of sp³-hybridized carbons (Fsp3) is 0.222. The zero-order valence-electron chi connectivity index (χ0n) is 13.3. The summed E-state index contributed by atoms with van der Waals surface area (Å²) in [5.74, 6) is -0.447. The number of halogens is 1. The average Bonchev–Trinajstić information content (AvgIpc) is 2.54. The number of anilines is 1. The lowest BCUT2D eigenvalue weighted by Crippen LogP contribution is -2.10. The zero-order chi connectivity index (χ0) is 17.4. The van der Waals surface area contributed by atoms with E-state index in [2.05, 4.69) is 5.32 Å². The molecule has 0 unspecified atom stereocenters. The maximum atomic E-state index is 13.3. The van der Waals surface area contributed by atoms with Crippen LogP contribution in [0.1, 0.15) is 19.8 Å². The highest BCUT2D eigenvalue weighted by molar-refractivity contribution is 5.88. The van der Waals surface area contributed by atoms with E-state index in [4.69, 9.17) is 9.47 Å². The Kier molecular flexibility index (Phi) is 6.31. The molecular formula is C18H18FNO4. The Bertz CT molecular complexity index is 700. The van der Waals surface area contributed by atoms with Gasteiger partial charge in [0, 0.05) is 19.0 Å². The predicted octanol–water partition coefficient (Wildman–Crippen LogP) is 3.55. The highest BCUT2D eigenvalue weighted by Gasteiger charge is 2.06. The molecule has 5 nitrogen and oxygen atoms in total. The molecule has 2 aromatic rings. The number of carbonyl (C=O) groups excluding carboxylic acids is 2. The van der Waals surface area contributed by atoms with Gasteiger partial charge in [-0.25, -0.2) is 4.39 Å². The quantitative estimate of drug-likeness (QED) is 0.479. The molecule has 0 saturated heterocycles. The fourth-order valence-corrected chi connectivity index (χ4v) is 1.95. The van der Waals surface area contributed by atoms with Gasteiger partial charge in [0.05, 0.1) is 6.61 Å². The zero-order valence-corrected chi connectivity index (χ0v) is 13.3. The molecule has 0 spiro atoms. The van der Waals surface area contributed by atoms with E-state index in [0.717, 1.165) is 0 Å². The number of hydrogen-bond acceptors (Lipinski definition) is 4. The van der Waals surface area contributed by atoms with Crippen LogP contribution >= 0.6 is 0 Å². The number of rotatable bonds is 7. The first kappa shape index (κ1) is 17.5. The van der Waals surface area contributed by atoms with Gasteiger partial charge in [-0.2, -0.15) is 0 Å². The number of esters is 1. The summed E-state index contributed by atoms with van der Waals surface area (Å²) in [4.78, 5) is 22.6. The monoisotopic (exact) mass is 331 g/mol. The van der Waals surface area contributed by atoms with Crippen LogP contribution in [-0.2, 0) is 9.59 Å². The van der Waals surface area contributed by atoms with Crippen LogP contribution in [0.5, 0.6) is 11.5 Å². The molecule has 0 aliphatic heterocycles. The minimum absolute atomic E-state index is 0.155. The minimum Gasteiger partial charge on any atom is -0.491 e. The summed E-state index contributed by atoms with van der Waals surface area (Å²) in [6, 6.07) is 12.6. The van der Waals surface area contributed by atoms with E-state index in [-0.39, 0.29) is 24.7 Å². The fourth-order valence-electron chi connectivity index (χ4n) is 1.95. The van der Waals surface area contributed by atoms with Crippen molar-refractivity contribution in [3.8, 4) is 11.5 Å². The number of hydrogen-bond donors (Lipinski definition) is 1. The lowest BCUT2D eigenvalue weighted by Gasteiger charge is -2.08. The van der Waals surface area contributed by atoms with Crippen molar-refractivity contribution >= 4 is 17.6 Å². The first-order chi connectivity index (χ1) is 11.5. The smallest absolute Gasteiger partial charge is 0.311 e. The molecule has 0 saturated carbocycles. The maximum Gasteiger partial charge on any atom is 0.311 e. The number of carbonyl (C=O) groups is 2. The molecule has 0 heterocycles. The van der Waals surface area contributed by atoms with Crippen molar-refractivity contribution in [3.63, 3.8) is 0 Å². The van der Waals surface area contributed by atoms with E-state index >= 15 is 0 Å². The largest absolute Gasteiger partial charge is 0.491 e. The Hall–Kier alpha value is -2.89. The van der Waals surface area contributed by atoms with Crippen LogP contribution in [0.4, 0.5) is 10.1 Å². The predicted molar refractivity (Wildman–Crippen MR) is 87.5 cm³/mol. The molecule has 0 aromatic heterocycles. The van der Waals surface area contributed by atoms with Crippen molar-refractivity contribution in [2.75, 3.05) is 11.9 Å². The van der Waals surface area contributed by atoms with Crippen molar-refractivity contribution in [2.24, 2.45) is 0 Å². The first-order valence-electron chi connectivity index (χ1n) is 7.50. The molecule has 0 aliphatic carbocycles. The summed E-state index contributed by atoms with van der Waals surface area (Å²) in [6.45, 7) is 1.63. The van der Waals surface area contributed by atoms with Gasteiger partial charge >= 0.3 is 5.97 Å². The number of nitrogens with one attached hydrogen (secondary N) is 1. The Labute approximate surface area is 139 Å². The van der Waals surface area contributed by atoms with Crippen molar-refractivity contribution in [3.05, 3.63) is 54.3 Å². The van der Waals surface area contributed by atoms with Crippen molar-refractivity contribution in [1.29, 1.82) is 0 Å². The first-order valence-corrected chi connectivity index (χ1v) is 7.50. The highest BCUT2D eigenvalue weighted by Crippen LogP contribution is 2.17. The van der Waals surface area contributed by atoms with Gasteiger partial charge < -0.3 is 14.8 Å². The van der Waals surface area contributed by atoms with Crippen LogP contribution in [0, 0.1) is 5.82 Å². The number of benzene rings is 2. The SMILES string of the molecule is CC(=O)Nc1ccc(OC(=O)CCCOc2ccccc2F)cc1. The summed E-state index contributed by atoms with van der Waals surface area (Å²) in [6.07, 6.45) is 0.568. The van der Waals surface area contributed by atoms with Crippen LogP contribution in [0.2, 0.25) is 0 Å². The van der Waals surface area contributed by atoms with Gasteiger partial charge in [0.15, 0.2) is 11.6 Å². The summed E-state index contributed by atoms with van der Waals surface area (Å²) >= 11 is 0. The van der Waals surface area contributed by atoms with Gasteiger partial charge in [0.2, 0.25) is 5.91 Å². The van der Waals surface area contributed by atoms with Crippen LogP contribution in [0.25, 0.3) is 0 Å². The third-order valence-electron chi connectivity index (χ3n) is 3.03. The molecule has 0 aliphatic rings. The van der Waals surface area contributed by atoms with E-state index in [1.54, 1.807) is 36.4 Å². The van der Waals surface area contributed by atoms with Crippen molar-refractivity contribution in [1.82, 2.24) is 0 Å². The van der Waals surface area contributed by atoms with Gasteiger partial charge in [-0.1, -0.05) is 12.1 Å². The molecule has 2 aromatic carbocycles. The maximum absolute atomic E-state index is 13.3. The Morgan fingerprint density at radius 2 is 1.79 bits per heavy atom. The molecule has 6 heteroatoms. The van der Waals surface area contributed by atoms with Crippen LogP contribution in [0.3, 0.4) is 0 Å². The van der Waals surface area contributed by atoms with E-state index in [1.165, 1.54) is 19.1 Å².